The van der Waals surface area contributed by atoms with E-state index in [1.54, 1.807) is 0 Å². The van der Waals surface area contributed by atoms with Crippen LogP contribution in [0.25, 0.3) is 44.5 Å². The van der Waals surface area contributed by atoms with Crippen molar-refractivity contribution in [2.24, 2.45) is 0 Å². The Morgan fingerprint density at radius 2 is 0.903 bits per heavy atom. The Bertz CT molecular complexity index is 4930. The zero-order valence-electron chi connectivity index (χ0n) is 62.0. The molecule has 4 heterocycles. The van der Waals surface area contributed by atoms with Crippen LogP contribution in [0.3, 0.4) is 0 Å². The number of nitrogens with zero attached hydrogens (tertiary/aromatic N) is 4. The fraction of sp³-hybridized carbons (Fsp3) is 0.253. The summed E-state index contributed by atoms with van der Waals surface area (Å²) in [6.45, 7) is 36.5. The Hall–Kier alpha value is -9.23. The highest BCUT2D eigenvalue weighted by Crippen LogP contribution is 2.52. The van der Waals surface area contributed by atoms with E-state index in [-0.39, 0.29) is 56.8 Å². The summed E-state index contributed by atoms with van der Waals surface area (Å²) >= 11 is 0. The lowest BCUT2D eigenvalue weighted by atomic mass is 9.78. The maximum atomic E-state index is 9.42. The molecule has 0 saturated heterocycles. The predicted octanol–water partition coefficient (Wildman–Crippen LogP) is 21.1. The van der Waals surface area contributed by atoms with Crippen molar-refractivity contribution in [3.8, 4) is 56.0 Å². The molecule has 1 spiro atoms. The smallest absolute Gasteiger partial charge is 0.185 e. The van der Waals surface area contributed by atoms with Crippen molar-refractivity contribution in [2.45, 2.75) is 138 Å². The number of ether oxygens (including phenoxy) is 1. The summed E-state index contributed by atoms with van der Waals surface area (Å²) in [7, 11) is -3.12. The molecule has 0 amide bonds. The first-order valence-corrected chi connectivity index (χ1v) is 34.9. The van der Waals surface area contributed by atoms with Crippen LogP contribution in [0.2, 0.25) is 0 Å². The first-order chi connectivity index (χ1) is 46.2. The second-order valence-corrected chi connectivity index (χ2v) is 34.7. The molecule has 466 valence electrons. The lowest BCUT2D eigenvalue weighted by Crippen LogP contribution is -2.75. The largest absolute Gasteiger partial charge is 0.457 e. The summed E-state index contributed by atoms with van der Waals surface area (Å²) in [4.78, 5) is 12.4. The van der Waals surface area contributed by atoms with E-state index < -0.39 is 14.1 Å². The molecule has 93 heavy (non-hydrogen) atoms. The van der Waals surface area contributed by atoms with Crippen LogP contribution in [0.15, 0.2) is 231 Å². The van der Waals surface area contributed by atoms with E-state index in [1.807, 2.05) is 30.3 Å². The van der Waals surface area contributed by atoms with Gasteiger partial charge < -0.3 is 14.5 Å². The number of para-hydroxylation sites is 4. The van der Waals surface area contributed by atoms with Gasteiger partial charge in [0.1, 0.15) is 24.0 Å². The fourth-order valence-electron chi connectivity index (χ4n) is 14.3. The van der Waals surface area contributed by atoms with E-state index in [1.165, 1.54) is 59.7 Å². The highest BCUT2D eigenvalue weighted by Gasteiger charge is 2.55. The molecule has 5 nitrogen and oxygen atoms in total. The molecule has 0 fully saturated rings. The van der Waals surface area contributed by atoms with Crippen LogP contribution >= 0.6 is 0 Å². The molecule has 3 aliphatic heterocycles. The Kier molecular flexibility index (Phi) is 13.2. The third-order valence-electron chi connectivity index (χ3n) is 19.6. The highest BCUT2D eigenvalue weighted by molar-refractivity contribution is 7.23. The van der Waals surface area contributed by atoms with Crippen LogP contribution in [-0.4, -0.2) is 19.7 Å². The van der Waals surface area contributed by atoms with Gasteiger partial charge in [0.2, 0.25) is 0 Å². The van der Waals surface area contributed by atoms with Crippen LogP contribution in [-0.2, 0) is 27.1 Å². The van der Waals surface area contributed by atoms with Crippen molar-refractivity contribution < 1.29 is 11.6 Å². The molecule has 0 bridgehead atoms. The molecule has 0 atom stereocenters. The molecule has 1 aromatic heterocycles. The minimum atomic E-state index is -3.12. The maximum Gasteiger partial charge on any atom is 0.185 e. The quantitative estimate of drug-likeness (QED) is 0.142. The number of benzene rings is 10. The summed E-state index contributed by atoms with van der Waals surface area (Å²) in [6, 6.07) is 69.5. The molecule has 11 aromatic rings. The number of pyridine rings is 1. The minimum Gasteiger partial charge on any atom is -0.457 e. The van der Waals surface area contributed by atoms with Crippen LogP contribution in [0.1, 0.15) is 144 Å². The minimum absolute atomic E-state index is 0.0318. The topological polar surface area (TPSA) is 31.8 Å². The van der Waals surface area contributed by atoms with Gasteiger partial charge in [0.25, 0.3) is 0 Å². The Morgan fingerprint density at radius 3 is 1.49 bits per heavy atom. The van der Waals surface area contributed by atoms with Gasteiger partial charge >= 0.3 is 0 Å². The average Bonchev–Trinajstić information content (AvgIpc) is 1.45. The van der Waals surface area contributed by atoms with Crippen molar-refractivity contribution in [1.82, 2.24) is 4.98 Å². The summed E-state index contributed by atoms with van der Waals surface area (Å²) in [5.74, 6) is 2.15. The third kappa shape index (κ3) is 10.7. The number of hydrogen-bond acceptors (Lipinski definition) is 5. The van der Waals surface area contributed by atoms with E-state index in [0.29, 0.717) is 23.7 Å². The fourth-order valence-corrected chi connectivity index (χ4v) is 19.8. The van der Waals surface area contributed by atoms with Crippen molar-refractivity contribution in [1.29, 1.82) is 0 Å². The average molecular weight is 1240 g/mol. The molecule has 6 heteroatoms. The molecule has 0 aliphatic carbocycles. The monoisotopic (exact) mass is 1240 g/mol. The van der Waals surface area contributed by atoms with Gasteiger partial charge in [-0.25, -0.2) is 4.98 Å². The van der Waals surface area contributed by atoms with Gasteiger partial charge in [0.15, 0.2) is 8.07 Å². The molecule has 0 unspecified atom stereocenters. The van der Waals surface area contributed by atoms with Crippen LogP contribution in [0.4, 0.5) is 39.9 Å². The molecule has 3 aliphatic rings. The molecular weight excluding hydrogens is 1150 g/mol. The second-order valence-electron chi connectivity index (χ2n) is 31.1. The lowest BCUT2D eigenvalue weighted by molar-refractivity contribution is 0.483. The van der Waals surface area contributed by atoms with Gasteiger partial charge in [0.05, 0.1) is 29.6 Å². The normalized spacial score (nSPS) is 15.0. The Balaban J connectivity index is 0.919. The van der Waals surface area contributed by atoms with E-state index in [0.717, 1.165) is 67.8 Å². The summed E-state index contributed by atoms with van der Waals surface area (Å²) < 4.78 is 52.6. The van der Waals surface area contributed by atoms with Crippen LogP contribution in [0.5, 0.6) is 11.5 Å². The highest BCUT2D eigenvalue weighted by atomic mass is 28.3. The summed E-state index contributed by atoms with van der Waals surface area (Å²) in [6.07, 6.45) is 2.05. The number of hydrogen-bond donors (Lipinski definition) is 0. The number of anilines is 7. The van der Waals surface area contributed by atoms with Crippen molar-refractivity contribution >= 4 is 68.8 Å². The number of rotatable bonds is 8. The zero-order chi connectivity index (χ0) is 69.7. The number of aryl methyl sites for hydroxylation is 1. The molecule has 14 rings (SSSR count). The molecule has 10 aromatic carbocycles. The van der Waals surface area contributed by atoms with Crippen molar-refractivity contribution in [3.05, 3.63) is 264 Å². The van der Waals surface area contributed by atoms with Gasteiger partial charge in [-0.3, -0.25) is 4.90 Å². The van der Waals surface area contributed by atoms with Crippen molar-refractivity contribution in [3.63, 3.8) is 0 Å². The summed E-state index contributed by atoms with van der Waals surface area (Å²) in [5, 5.41) is 5.35. The second kappa shape index (κ2) is 22.2. The number of fused-ring (bicyclic) bond motifs is 10. The maximum absolute atomic E-state index is 9.42. The lowest BCUT2D eigenvalue weighted by Gasteiger charge is -2.43. The van der Waals surface area contributed by atoms with E-state index in [2.05, 4.69) is 295 Å². The zero-order valence-corrected chi connectivity index (χ0v) is 58.0. The van der Waals surface area contributed by atoms with Gasteiger partial charge in [-0.15, -0.1) is 0 Å². The predicted molar refractivity (Wildman–Crippen MR) is 398 cm³/mol. The van der Waals surface area contributed by atoms with Crippen LogP contribution < -0.4 is 40.2 Å². The standard InChI is InChI=1S/C87H88N4OSi/c1-56-46-81(88-54-72(56)58-36-38-60(39-37-58)83(2,3)4)91-75-34-22-23-35-79(75)93(77-43-40-61(84(5,6)7)50-70(77)71-51-62(85(8,9)10)41-44-78(71)93)80-45-42-67(53-76(80)91)92-66-29-24-28-65(52-66)89-55-90(74-33-21-20-32-73(74)89)82-68(57-26-18-17-19-27-57)30-25-31-69(82)59-47-63(86(11,12)13)49-64(48-59)87(14,15)16/h17-54H,55H2,1-16H3/i17D,18D,19D,26D,27D. The summed E-state index contributed by atoms with van der Waals surface area (Å²) in [5.41, 5.74) is 19.9. The van der Waals surface area contributed by atoms with E-state index >= 15 is 0 Å². The van der Waals surface area contributed by atoms with Gasteiger partial charge in [-0.05, 0) is 158 Å². The molecule has 0 radical (unpaired) electrons. The Labute approximate surface area is 561 Å². The SMILES string of the molecule is [2H]c1c([2H])c([2H])c(-c2cccc(-c3cc(C(C)(C)C)cc(C(C)(C)C)c3)c2N2CN(c3cccc(Oc4ccc5c(c4)N(c4cc(C)c(-c6ccc(C(C)(C)C)cc6)cn4)c4ccccc4[Si]54c5ccc(C(C)(C)C)cc5-c5cc(C(C)(C)C)ccc54)c3)c3ccccc32)c([2H])c1[2H]. The third-order valence-corrected chi connectivity index (χ3v) is 24.5. The van der Waals surface area contributed by atoms with Gasteiger partial charge in [-0.2, -0.15) is 0 Å². The van der Waals surface area contributed by atoms with E-state index in [4.69, 9.17) is 13.8 Å². The van der Waals surface area contributed by atoms with Gasteiger partial charge in [0, 0.05) is 46.4 Å². The van der Waals surface area contributed by atoms with Crippen LogP contribution in [0, 0.1) is 6.92 Å². The first-order valence-electron chi connectivity index (χ1n) is 35.4. The molecular formula is C87H88N4OSi. The van der Waals surface area contributed by atoms with Gasteiger partial charge in [-0.1, -0.05) is 274 Å². The molecule has 0 N–H and O–H groups in total. The van der Waals surface area contributed by atoms with Crippen molar-refractivity contribution in [2.75, 3.05) is 21.4 Å². The first kappa shape index (κ1) is 55.4. The number of aromatic nitrogens is 1. The molecule has 0 saturated carbocycles. The van der Waals surface area contributed by atoms with E-state index in [9.17, 15) is 2.74 Å². The Morgan fingerprint density at radius 1 is 0.387 bits per heavy atom.